The predicted octanol–water partition coefficient (Wildman–Crippen LogP) is 2.34. The molecule has 18 heavy (non-hydrogen) atoms. The molecule has 0 fully saturated rings. The van der Waals surface area contributed by atoms with Gasteiger partial charge in [-0.1, -0.05) is 6.92 Å². The van der Waals surface area contributed by atoms with Crippen molar-refractivity contribution in [2.24, 2.45) is 0 Å². The molecule has 2 rings (SSSR count). The van der Waals surface area contributed by atoms with E-state index in [0.717, 1.165) is 18.7 Å². The Bertz CT molecular complexity index is 525. The Morgan fingerprint density at radius 3 is 2.89 bits per heavy atom. The molecular weight excluding hydrogens is 233 g/mol. The zero-order chi connectivity index (χ0) is 13.0. The van der Waals surface area contributed by atoms with Crippen LogP contribution in [0.5, 0.6) is 0 Å². The predicted molar refractivity (Wildman–Crippen MR) is 66.7 cm³/mol. The lowest BCUT2D eigenvalue weighted by atomic mass is 10.1. The van der Waals surface area contributed by atoms with Crippen LogP contribution in [-0.2, 0) is 6.42 Å². The highest BCUT2D eigenvalue weighted by Crippen LogP contribution is 2.20. The van der Waals surface area contributed by atoms with Crippen molar-refractivity contribution >= 4 is 0 Å². The van der Waals surface area contributed by atoms with E-state index in [1.807, 2.05) is 6.92 Å². The molecule has 5 heteroatoms. The average Bonchev–Trinajstić information content (AvgIpc) is 2.82. The lowest BCUT2D eigenvalue weighted by molar-refractivity contribution is 0.496. The molecule has 0 saturated heterocycles. The number of aryl methyl sites for hydroxylation is 1. The summed E-state index contributed by atoms with van der Waals surface area (Å²) in [5.41, 5.74) is 1.32. The number of benzene rings is 1. The number of hydrogen-bond donors (Lipinski definition) is 1. The zero-order valence-electron chi connectivity index (χ0n) is 10.5. The molecule has 0 radical (unpaired) electrons. The lowest BCUT2D eigenvalue weighted by Crippen LogP contribution is -2.16. The van der Waals surface area contributed by atoms with Crippen molar-refractivity contribution in [1.82, 2.24) is 15.5 Å². The fraction of sp³-hybridized carbons (Fsp3) is 0.385. The minimum Gasteiger partial charge on any atom is -0.421 e. The highest BCUT2D eigenvalue weighted by molar-refractivity contribution is 5.53. The first-order valence-electron chi connectivity index (χ1n) is 6.00. The molecule has 0 aliphatic carbocycles. The van der Waals surface area contributed by atoms with Crippen molar-refractivity contribution in [3.63, 3.8) is 0 Å². The van der Waals surface area contributed by atoms with Crippen LogP contribution in [0.4, 0.5) is 4.39 Å². The quantitative estimate of drug-likeness (QED) is 0.826. The molecule has 1 N–H and O–H groups in total. The van der Waals surface area contributed by atoms with E-state index in [0.29, 0.717) is 23.8 Å². The molecule has 0 unspecified atom stereocenters. The Hall–Kier alpha value is -1.75. The molecule has 0 aliphatic rings. The first-order chi connectivity index (χ1) is 8.70. The van der Waals surface area contributed by atoms with Gasteiger partial charge in [0.15, 0.2) is 0 Å². The number of nitrogens with zero attached hydrogens (tertiary/aromatic N) is 2. The van der Waals surface area contributed by atoms with Crippen molar-refractivity contribution < 1.29 is 8.81 Å². The average molecular weight is 249 g/mol. The first kappa shape index (κ1) is 12.7. The standard InChI is InChI=1S/C13H16FN3O/c1-3-15-7-6-12-16-17-13(18-12)10-4-5-11(14)9(2)8-10/h4-5,8,15H,3,6-7H2,1-2H3. The molecule has 0 spiro atoms. The molecular formula is C13H16FN3O. The fourth-order valence-electron chi connectivity index (χ4n) is 1.62. The van der Waals surface area contributed by atoms with Gasteiger partial charge in [-0.2, -0.15) is 0 Å². The third-order valence-corrected chi connectivity index (χ3v) is 2.64. The number of aromatic nitrogens is 2. The van der Waals surface area contributed by atoms with Crippen molar-refractivity contribution in [1.29, 1.82) is 0 Å². The molecule has 0 amide bonds. The Balaban J connectivity index is 2.11. The summed E-state index contributed by atoms with van der Waals surface area (Å²) >= 11 is 0. The van der Waals surface area contributed by atoms with Gasteiger partial charge in [0.1, 0.15) is 5.82 Å². The molecule has 1 aromatic carbocycles. The summed E-state index contributed by atoms with van der Waals surface area (Å²) in [5.74, 6) is 0.795. The van der Waals surface area contributed by atoms with Crippen LogP contribution < -0.4 is 5.32 Å². The molecule has 96 valence electrons. The van der Waals surface area contributed by atoms with Crippen LogP contribution in [-0.4, -0.2) is 23.3 Å². The topological polar surface area (TPSA) is 51.0 Å². The van der Waals surface area contributed by atoms with E-state index in [1.54, 1.807) is 19.1 Å². The summed E-state index contributed by atoms with van der Waals surface area (Å²) in [6, 6.07) is 4.76. The molecule has 0 bridgehead atoms. The van der Waals surface area contributed by atoms with Gasteiger partial charge >= 0.3 is 0 Å². The zero-order valence-corrected chi connectivity index (χ0v) is 10.5. The number of halogens is 1. The summed E-state index contributed by atoms with van der Waals surface area (Å²) in [6.45, 7) is 5.47. The van der Waals surface area contributed by atoms with Gasteiger partial charge in [0, 0.05) is 18.5 Å². The maximum absolute atomic E-state index is 13.2. The SMILES string of the molecule is CCNCCc1nnc(-c2ccc(F)c(C)c2)o1. The van der Waals surface area contributed by atoms with E-state index in [-0.39, 0.29) is 5.82 Å². The lowest BCUT2D eigenvalue weighted by Gasteiger charge is -1.99. The van der Waals surface area contributed by atoms with E-state index in [4.69, 9.17) is 4.42 Å². The van der Waals surface area contributed by atoms with Crippen LogP contribution in [0.1, 0.15) is 18.4 Å². The molecule has 1 heterocycles. The third kappa shape index (κ3) is 2.92. The minimum atomic E-state index is -0.231. The smallest absolute Gasteiger partial charge is 0.247 e. The second-order valence-electron chi connectivity index (χ2n) is 4.07. The van der Waals surface area contributed by atoms with Crippen LogP contribution in [0, 0.1) is 12.7 Å². The highest BCUT2D eigenvalue weighted by atomic mass is 19.1. The second-order valence-corrected chi connectivity index (χ2v) is 4.07. The van der Waals surface area contributed by atoms with Crippen molar-refractivity contribution in [2.45, 2.75) is 20.3 Å². The van der Waals surface area contributed by atoms with E-state index >= 15 is 0 Å². The number of hydrogen-bond acceptors (Lipinski definition) is 4. The van der Waals surface area contributed by atoms with Gasteiger partial charge in [-0.15, -0.1) is 10.2 Å². The van der Waals surface area contributed by atoms with Gasteiger partial charge in [0.05, 0.1) is 0 Å². The van der Waals surface area contributed by atoms with Gasteiger partial charge in [-0.05, 0) is 37.2 Å². The van der Waals surface area contributed by atoms with Gasteiger partial charge in [-0.3, -0.25) is 0 Å². The Morgan fingerprint density at radius 1 is 1.33 bits per heavy atom. The summed E-state index contributed by atoms with van der Waals surface area (Å²) in [6.07, 6.45) is 0.695. The second kappa shape index (κ2) is 5.73. The Kier molecular flexibility index (Phi) is 4.04. The van der Waals surface area contributed by atoms with Crippen molar-refractivity contribution in [3.05, 3.63) is 35.5 Å². The van der Waals surface area contributed by atoms with E-state index in [9.17, 15) is 4.39 Å². The van der Waals surface area contributed by atoms with Gasteiger partial charge in [0.25, 0.3) is 0 Å². The van der Waals surface area contributed by atoms with E-state index < -0.39 is 0 Å². The molecule has 0 atom stereocenters. The number of rotatable bonds is 5. The molecule has 4 nitrogen and oxygen atoms in total. The van der Waals surface area contributed by atoms with Crippen LogP contribution in [0.3, 0.4) is 0 Å². The van der Waals surface area contributed by atoms with Crippen molar-refractivity contribution in [2.75, 3.05) is 13.1 Å². The fourth-order valence-corrected chi connectivity index (χ4v) is 1.62. The molecule has 1 aromatic heterocycles. The highest BCUT2D eigenvalue weighted by Gasteiger charge is 2.09. The van der Waals surface area contributed by atoms with Crippen LogP contribution in [0.15, 0.2) is 22.6 Å². The van der Waals surface area contributed by atoms with Crippen LogP contribution in [0.25, 0.3) is 11.5 Å². The van der Waals surface area contributed by atoms with Gasteiger partial charge < -0.3 is 9.73 Å². The largest absolute Gasteiger partial charge is 0.421 e. The monoisotopic (exact) mass is 249 g/mol. The van der Waals surface area contributed by atoms with Crippen LogP contribution >= 0.6 is 0 Å². The normalized spacial score (nSPS) is 10.8. The van der Waals surface area contributed by atoms with Gasteiger partial charge in [0.2, 0.25) is 11.8 Å². The summed E-state index contributed by atoms with van der Waals surface area (Å²) in [4.78, 5) is 0. The van der Waals surface area contributed by atoms with Crippen LogP contribution in [0.2, 0.25) is 0 Å². The van der Waals surface area contributed by atoms with E-state index in [2.05, 4.69) is 15.5 Å². The first-order valence-corrected chi connectivity index (χ1v) is 6.00. The summed E-state index contributed by atoms with van der Waals surface area (Å²) < 4.78 is 18.7. The maximum Gasteiger partial charge on any atom is 0.247 e. The maximum atomic E-state index is 13.2. The summed E-state index contributed by atoms with van der Waals surface area (Å²) in [7, 11) is 0. The molecule has 0 saturated carbocycles. The van der Waals surface area contributed by atoms with E-state index in [1.165, 1.54) is 6.07 Å². The Morgan fingerprint density at radius 2 is 2.17 bits per heavy atom. The Labute approximate surface area is 105 Å². The molecule has 2 aromatic rings. The molecule has 0 aliphatic heterocycles. The van der Waals surface area contributed by atoms with Crippen molar-refractivity contribution in [3.8, 4) is 11.5 Å². The summed E-state index contributed by atoms with van der Waals surface area (Å²) in [5, 5.41) is 11.1. The number of nitrogens with one attached hydrogen (secondary N) is 1. The number of likely N-dealkylation sites (N-methyl/N-ethyl adjacent to an activating group) is 1. The third-order valence-electron chi connectivity index (χ3n) is 2.64. The van der Waals surface area contributed by atoms with Gasteiger partial charge in [-0.25, -0.2) is 4.39 Å². The minimum absolute atomic E-state index is 0.231.